The van der Waals surface area contributed by atoms with Gasteiger partial charge in [0, 0.05) is 41.8 Å². The van der Waals surface area contributed by atoms with E-state index in [1.165, 1.54) is 11.6 Å². The van der Waals surface area contributed by atoms with Crippen LogP contribution in [0, 0.1) is 16.2 Å². The molecule has 3 rings (SSSR count). The predicted octanol–water partition coefficient (Wildman–Crippen LogP) is 3.40. The van der Waals surface area contributed by atoms with Crippen molar-refractivity contribution in [2.45, 2.75) is 6.54 Å². The van der Waals surface area contributed by atoms with Crippen LogP contribution in [-0.2, 0) is 6.54 Å². The van der Waals surface area contributed by atoms with Crippen LogP contribution in [0.15, 0.2) is 54.7 Å². The van der Waals surface area contributed by atoms with Gasteiger partial charge in [0.25, 0.3) is 5.69 Å². The average Bonchev–Trinajstić information content (AvgIpc) is 2.82. The summed E-state index contributed by atoms with van der Waals surface area (Å²) in [5, 5.41) is 11.5. The molecular formula is C15H11N2O2. The van der Waals surface area contributed by atoms with Crippen LogP contribution in [0.2, 0.25) is 0 Å². The Balaban J connectivity index is 1.99. The van der Waals surface area contributed by atoms with E-state index >= 15 is 0 Å². The van der Waals surface area contributed by atoms with Gasteiger partial charge in [0.1, 0.15) is 0 Å². The Morgan fingerprint density at radius 3 is 2.68 bits per heavy atom. The lowest BCUT2D eigenvalue weighted by Gasteiger charge is -2.05. The van der Waals surface area contributed by atoms with Crippen LogP contribution < -0.4 is 0 Å². The number of nitro benzene ring substituents is 1. The molecule has 0 unspecified atom stereocenters. The minimum Gasteiger partial charge on any atom is -0.342 e. The summed E-state index contributed by atoms with van der Waals surface area (Å²) in [7, 11) is 0. The number of benzene rings is 2. The first kappa shape index (κ1) is 11.5. The molecule has 1 aromatic heterocycles. The Morgan fingerprint density at radius 1 is 1.16 bits per heavy atom. The lowest BCUT2D eigenvalue weighted by Crippen LogP contribution is -1.97. The summed E-state index contributed by atoms with van der Waals surface area (Å²) in [4.78, 5) is 10.3. The molecule has 2 aromatic carbocycles. The third kappa shape index (κ3) is 2.20. The van der Waals surface area contributed by atoms with Gasteiger partial charge in [0.2, 0.25) is 0 Å². The molecule has 0 aliphatic rings. The summed E-state index contributed by atoms with van der Waals surface area (Å²) >= 11 is 0. The molecular weight excluding hydrogens is 240 g/mol. The largest absolute Gasteiger partial charge is 0.342 e. The maximum Gasteiger partial charge on any atom is 0.270 e. The standard InChI is InChI=1S/C15H11N2O2/c18-17(19)14-6-7-15-13(10-14)8-9-16(15)11-12-4-2-1-3-5-12/h1-7,9-10H,11H2. The van der Waals surface area contributed by atoms with Crippen molar-refractivity contribution >= 4 is 16.6 Å². The number of nitrogens with zero attached hydrogens (tertiary/aromatic N) is 2. The van der Waals surface area contributed by atoms with Gasteiger partial charge in [0.05, 0.1) is 4.92 Å². The Morgan fingerprint density at radius 2 is 1.95 bits per heavy atom. The fraction of sp³-hybridized carbons (Fsp3) is 0.0667. The number of nitro groups is 1. The zero-order valence-corrected chi connectivity index (χ0v) is 10.1. The lowest BCUT2D eigenvalue weighted by molar-refractivity contribution is -0.384. The maximum absolute atomic E-state index is 10.7. The van der Waals surface area contributed by atoms with Crippen molar-refractivity contribution in [2.24, 2.45) is 0 Å². The molecule has 0 aliphatic heterocycles. The first-order valence-corrected chi connectivity index (χ1v) is 5.93. The average molecular weight is 251 g/mol. The van der Waals surface area contributed by atoms with Crippen LogP contribution in [0.4, 0.5) is 5.69 Å². The minimum absolute atomic E-state index is 0.0983. The van der Waals surface area contributed by atoms with Gasteiger partial charge >= 0.3 is 0 Å². The molecule has 93 valence electrons. The van der Waals surface area contributed by atoms with E-state index in [2.05, 4.69) is 18.2 Å². The van der Waals surface area contributed by atoms with E-state index < -0.39 is 0 Å². The molecule has 4 heteroatoms. The zero-order chi connectivity index (χ0) is 13.2. The van der Waals surface area contributed by atoms with Crippen molar-refractivity contribution in [3.05, 3.63) is 76.5 Å². The fourth-order valence-corrected chi connectivity index (χ4v) is 2.13. The van der Waals surface area contributed by atoms with Crippen LogP contribution in [0.1, 0.15) is 5.56 Å². The molecule has 0 aliphatic carbocycles. The molecule has 19 heavy (non-hydrogen) atoms. The molecule has 1 radical (unpaired) electrons. The lowest BCUT2D eigenvalue weighted by atomic mass is 10.2. The zero-order valence-electron chi connectivity index (χ0n) is 10.1. The molecule has 0 spiro atoms. The molecule has 0 atom stereocenters. The van der Waals surface area contributed by atoms with Crippen LogP contribution >= 0.6 is 0 Å². The van der Waals surface area contributed by atoms with Gasteiger partial charge < -0.3 is 4.57 Å². The molecule has 0 amide bonds. The topological polar surface area (TPSA) is 48.1 Å². The van der Waals surface area contributed by atoms with E-state index in [1.807, 2.05) is 29.0 Å². The third-order valence-electron chi connectivity index (χ3n) is 3.07. The van der Waals surface area contributed by atoms with E-state index in [1.54, 1.807) is 12.1 Å². The van der Waals surface area contributed by atoms with Crippen molar-refractivity contribution in [1.29, 1.82) is 0 Å². The second-order valence-electron chi connectivity index (χ2n) is 4.35. The summed E-state index contributed by atoms with van der Waals surface area (Å²) in [6, 6.07) is 18.0. The summed E-state index contributed by atoms with van der Waals surface area (Å²) < 4.78 is 2.04. The van der Waals surface area contributed by atoms with E-state index in [4.69, 9.17) is 0 Å². The first-order valence-electron chi connectivity index (χ1n) is 5.93. The molecule has 0 saturated heterocycles. The van der Waals surface area contributed by atoms with Crippen molar-refractivity contribution in [2.75, 3.05) is 0 Å². The quantitative estimate of drug-likeness (QED) is 0.529. The number of non-ortho nitro benzene ring substituents is 1. The molecule has 3 aromatic rings. The summed E-state index contributed by atoms with van der Waals surface area (Å²) in [5.41, 5.74) is 2.24. The number of hydrogen-bond acceptors (Lipinski definition) is 2. The maximum atomic E-state index is 10.7. The normalized spacial score (nSPS) is 10.7. The van der Waals surface area contributed by atoms with Crippen LogP contribution in [0.5, 0.6) is 0 Å². The van der Waals surface area contributed by atoms with Crippen LogP contribution in [-0.4, -0.2) is 9.49 Å². The number of rotatable bonds is 3. The van der Waals surface area contributed by atoms with Crippen molar-refractivity contribution in [3.63, 3.8) is 0 Å². The van der Waals surface area contributed by atoms with Gasteiger partial charge in [-0.3, -0.25) is 10.1 Å². The molecule has 4 nitrogen and oxygen atoms in total. The van der Waals surface area contributed by atoms with Gasteiger partial charge in [-0.1, -0.05) is 30.3 Å². The minimum atomic E-state index is -0.387. The smallest absolute Gasteiger partial charge is 0.270 e. The van der Waals surface area contributed by atoms with Crippen molar-refractivity contribution in [1.82, 2.24) is 4.57 Å². The monoisotopic (exact) mass is 251 g/mol. The second-order valence-corrected chi connectivity index (χ2v) is 4.35. The van der Waals surface area contributed by atoms with Gasteiger partial charge in [-0.2, -0.15) is 0 Å². The van der Waals surface area contributed by atoms with Crippen LogP contribution in [0.3, 0.4) is 0 Å². The second kappa shape index (κ2) is 4.57. The van der Waals surface area contributed by atoms with Gasteiger partial charge in [-0.15, -0.1) is 0 Å². The Bertz CT molecular complexity index is 732. The van der Waals surface area contributed by atoms with Crippen LogP contribution in [0.25, 0.3) is 10.9 Å². The SMILES string of the molecule is O=[N+]([O-])c1ccc2c([c]cn2Cc2ccccc2)c1. The van der Waals surface area contributed by atoms with E-state index in [-0.39, 0.29) is 10.6 Å². The number of hydrogen-bond donors (Lipinski definition) is 0. The Labute approximate surface area is 110 Å². The van der Waals surface area contributed by atoms with Gasteiger partial charge in [-0.05, 0) is 11.6 Å². The van der Waals surface area contributed by atoms with E-state index in [9.17, 15) is 10.1 Å². The van der Waals surface area contributed by atoms with Gasteiger partial charge in [-0.25, -0.2) is 0 Å². The molecule has 0 fully saturated rings. The Kier molecular flexibility index (Phi) is 2.76. The van der Waals surface area contributed by atoms with E-state index in [0.29, 0.717) is 0 Å². The summed E-state index contributed by atoms with van der Waals surface area (Å²) in [5.74, 6) is 0. The predicted molar refractivity (Wildman–Crippen MR) is 73.0 cm³/mol. The number of fused-ring (bicyclic) bond motifs is 1. The summed E-state index contributed by atoms with van der Waals surface area (Å²) in [6.07, 6.45) is 1.83. The highest BCUT2D eigenvalue weighted by Gasteiger charge is 2.09. The van der Waals surface area contributed by atoms with Gasteiger partial charge in [0.15, 0.2) is 0 Å². The first-order chi connectivity index (χ1) is 9.24. The highest BCUT2D eigenvalue weighted by atomic mass is 16.6. The summed E-state index contributed by atoms with van der Waals surface area (Å²) in [6.45, 7) is 0.735. The Hall–Kier alpha value is -2.62. The highest BCUT2D eigenvalue weighted by Crippen LogP contribution is 2.22. The molecule has 0 bridgehead atoms. The van der Waals surface area contributed by atoms with Crippen molar-refractivity contribution < 1.29 is 4.92 Å². The molecule has 1 heterocycles. The number of aromatic nitrogens is 1. The van der Waals surface area contributed by atoms with E-state index in [0.717, 1.165) is 17.4 Å². The molecule has 0 saturated carbocycles. The third-order valence-corrected chi connectivity index (χ3v) is 3.07. The molecule has 0 N–H and O–H groups in total. The highest BCUT2D eigenvalue weighted by molar-refractivity contribution is 5.82. The fourth-order valence-electron chi connectivity index (χ4n) is 2.13. The van der Waals surface area contributed by atoms with Crippen molar-refractivity contribution in [3.8, 4) is 0 Å².